The molecule has 0 heterocycles. The van der Waals surface area contributed by atoms with E-state index in [-0.39, 0.29) is 22.6 Å². The second kappa shape index (κ2) is 6.88. The molecule has 0 aromatic heterocycles. The van der Waals surface area contributed by atoms with Crippen molar-refractivity contribution in [1.29, 1.82) is 0 Å². The molecule has 7 heteroatoms. The van der Waals surface area contributed by atoms with E-state index in [1.807, 2.05) is 0 Å². The van der Waals surface area contributed by atoms with E-state index in [9.17, 15) is 23.5 Å². The van der Waals surface area contributed by atoms with Crippen LogP contribution in [0.5, 0.6) is 5.75 Å². The van der Waals surface area contributed by atoms with E-state index < -0.39 is 23.4 Å². The first kappa shape index (κ1) is 16.9. The predicted octanol–water partition coefficient (Wildman–Crippen LogP) is 3.06. The summed E-state index contributed by atoms with van der Waals surface area (Å²) in [6.45, 7) is 0.571. The van der Waals surface area contributed by atoms with Crippen molar-refractivity contribution < 1.29 is 23.5 Å². The average molecular weight is 346 g/mol. The standard InChI is InChI=1S/C18H16F2N2O3/c19-12-5-11(6-13(20)7-12)17(24)22-14-3-4-15(16(23)8-14)18(25)21-9-10-1-2-10/h3-8,10,23H,1-2,9H2,(H,21,25)(H,22,24). The number of amides is 2. The number of nitrogens with one attached hydrogen (secondary N) is 2. The number of phenols is 1. The minimum Gasteiger partial charge on any atom is -0.507 e. The number of carbonyl (C=O) groups excluding carboxylic acids is 2. The van der Waals surface area contributed by atoms with Gasteiger partial charge in [-0.05, 0) is 43.0 Å². The Labute approximate surface area is 142 Å². The maximum atomic E-state index is 13.2. The molecule has 3 rings (SSSR count). The van der Waals surface area contributed by atoms with Gasteiger partial charge in [-0.3, -0.25) is 9.59 Å². The molecule has 2 aromatic rings. The third-order valence-corrected chi connectivity index (χ3v) is 3.87. The van der Waals surface area contributed by atoms with Crippen LogP contribution in [0.25, 0.3) is 0 Å². The van der Waals surface area contributed by atoms with Crippen LogP contribution in [0.15, 0.2) is 36.4 Å². The Hall–Kier alpha value is -2.96. The van der Waals surface area contributed by atoms with Crippen LogP contribution in [0.4, 0.5) is 14.5 Å². The minimum absolute atomic E-state index is 0.0930. The van der Waals surface area contributed by atoms with Gasteiger partial charge in [0, 0.05) is 29.9 Å². The van der Waals surface area contributed by atoms with Crippen LogP contribution in [0.1, 0.15) is 33.6 Å². The fourth-order valence-electron chi connectivity index (χ4n) is 2.34. The van der Waals surface area contributed by atoms with Crippen molar-refractivity contribution in [2.45, 2.75) is 12.8 Å². The summed E-state index contributed by atoms with van der Waals surface area (Å²) < 4.78 is 26.3. The van der Waals surface area contributed by atoms with Gasteiger partial charge in [0.25, 0.3) is 11.8 Å². The number of hydrogen-bond donors (Lipinski definition) is 3. The van der Waals surface area contributed by atoms with Gasteiger partial charge in [-0.15, -0.1) is 0 Å². The minimum atomic E-state index is -0.865. The fraction of sp³-hybridized carbons (Fsp3) is 0.222. The van der Waals surface area contributed by atoms with Crippen molar-refractivity contribution in [2.75, 3.05) is 11.9 Å². The smallest absolute Gasteiger partial charge is 0.255 e. The van der Waals surface area contributed by atoms with E-state index in [0.29, 0.717) is 18.5 Å². The highest BCUT2D eigenvalue weighted by Gasteiger charge is 2.22. The molecular formula is C18H16F2N2O3. The fourth-order valence-corrected chi connectivity index (χ4v) is 2.34. The van der Waals surface area contributed by atoms with Crippen molar-refractivity contribution in [3.63, 3.8) is 0 Å². The number of benzene rings is 2. The summed E-state index contributed by atoms with van der Waals surface area (Å²) in [6.07, 6.45) is 2.19. The maximum absolute atomic E-state index is 13.2. The predicted molar refractivity (Wildman–Crippen MR) is 87.5 cm³/mol. The third-order valence-electron chi connectivity index (χ3n) is 3.87. The van der Waals surface area contributed by atoms with Gasteiger partial charge in [-0.1, -0.05) is 0 Å². The molecule has 2 amide bonds. The lowest BCUT2D eigenvalue weighted by molar-refractivity contribution is 0.0948. The number of carbonyl (C=O) groups is 2. The highest BCUT2D eigenvalue weighted by Crippen LogP contribution is 2.28. The van der Waals surface area contributed by atoms with E-state index in [4.69, 9.17) is 0 Å². The number of anilines is 1. The Morgan fingerprint density at radius 1 is 1.04 bits per heavy atom. The van der Waals surface area contributed by atoms with Crippen molar-refractivity contribution in [3.8, 4) is 5.75 Å². The molecule has 2 aromatic carbocycles. The number of aromatic hydroxyl groups is 1. The zero-order valence-electron chi connectivity index (χ0n) is 13.2. The number of phenolic OH excluding ortho intramolecular Hbond substituents is 1. The zero-order valence-corrected chi connectivity index (χ0v) is 13.2. The Morgan fingerprint density at radius 3 is 2.32 bits per heavy atom. The molecule has 0 spiro atoms. The van der Waals surface area contributed by atoms with Crippen molar-refractivity contribution in [1.82, 2.24) is 5.32 Å². The molecule has 5 nitrogen and oxygen atoms in total. The molecule has 130 valence electrons. The van der Waals surface area contributed by atoms with Crippen LogP contribution in [0, 0.1) is 17.6 Å². The lowest BCUT2D eigenvalue weighted by atomic mass is 10.1. The van der Waals surface area contributed by atoms with Gasteiger partial charge in [0.15, 0.2) is 0 Å². The van der Waals surface area contributed by atoms with Gasteiger partial charge < -0.3 is 15.7 Å². The van der Waals surface area contributed by atoms with Crippen LogP contribution < -0.4 is 10.6 Å². The van der Waals surface area contributed by atoms with E-state index >= 15 is 0 Å². The second-order valence-corrected chi connectivity index (χ2v) is 6.00. The monoisotopic (exact) mass is 346 g/mol. The summed E-state index contributed by atoms with van der Waals surface area (Å²) >= 11 is 0. The summed E-state index contributed by atoms with van der Waals surface area (Å²) in [4.78, 5) is 24.0. The third kappa shape index (κ3) is 4.32. The lowest BCUT2D eigenvalue weighted by Crippen LogP contribution is -2.25. The maximum Gasteiger partial charge on any atom is 0.255 e. The molecule has 1 saturated carbocycles. The van der Waals surface area contributed by atoms with Crippen molar-refractivity contribution in [3.05, 3.63) is 59.2 Å². The van der Waals surface area contributed by atoms with Gasteiger partial charge >= 0.3 is 0 Å². The summed E-state index contributed by atoms with van der Waals surface area (Å²) in [5, 5.41) is 15.1. The number of hydrogen-bond acceptors (Lipinski definition) is 3. The Kier molecular flexibility index (Phi) is 4.65. The molecular weight excluding hydrogens is 330 g/mol. The van der Waals surface area contributed by atoms with Gasteiger partial charge in [-0.25, -0.2) is 8.78 Å². The molecule has 1 fully saturated rings. The highest BCUT2D eigenvalue weighted by molar-refractivity contribution is 6.05. The van der Waals surface area contributed by atoms with Gasteiger partial charge in [0.2, 0.25) is 0 Å². The molecule has 3 N–H and O–H groups in total. The quantitative estimate of drug-likeness (QED) is 0.779. The van der Waals surface area contributed by atoms with Crippen LogP contribution in [0.2, 0.25) is 0 Å². The van der Waals surface area contributed by atoms with E-state index in [2.05, 4.69) is 10.6 Å². The molecule has 0 unspecified atom stereocenters. The number of rotatable bonds is 5. The molecule has 0 atom stereocenters. The number of halogens is 2. The normalized spacial score (nSPS) is 13.4. The summed E-state index contributed by atoms with van der Waals surface area (Å²) in [7, 11) is 0. The van der Waals surface area contributed by atoms with Crippen LogP contribution in [-0.4, -0.2) is 23.5 Å². The summed E-state index contributed by atoms with van der Waals surface area (Å²) in [6, 6.07) is 6.48. The molecule has 25 heavy (non-hydrogen) atoms. The average Bonchev–Trinajstić information content (AvgIpc) is 3.36. The van der Waals surface area contributed by atoms with Crippen molar-refractivity contribution >= 4 is 17.5 Å². The Morgan fingerprint density at radius 2 is 1.72 bits per heavy atom. The summed E-state index contributed by atoms with van der Waals surface area (Å²) in [5.41, 5.74) is 0.101. The van der Waals surface area contributed by atoms with E-state index in [0.717, 1.165) is 25.0 Å². The molecule has 1 aliphatic rings. The van der Waals surface area contributed by atoms with Crippen LogP contribution in [-0.2, 0) is 0 Å². The zero-order chi connectivity index (χ0) is 18.0. The largest absolute Gasteiger partial charge is 0.507 e. The highest BCUT2D eigenvalue weighted by atomic mass is 19.1. The van der Waals surface area contributed by atoms with Crippen LogP contribution in [0.3, 0.4) is 0 Å². The van der Waals surface area contributed by atoms with E-state index in [1.165, 1.54) is 18.2 Å². The molecule has 0 radical (unpaired) electrons. The molecule has 0 aliphatic heterocycles. The topological polar surface area (TPSA) is 78.4 Å². The first-order valence-electron chi connectivity index (χ1n) is 7.81. The molecule has 1 aliphatic carbocycles. The van der Waals surface area contributed by atoms with E-state index in [1.54, 1.807) is 0 Å². The van der Waals surface area contributed by atoms with Crippen molar-refractivity contribution in [2.24, 2.45) is 5.92 Å². The van der Waals surface area contributed by atoms with Gasteiger partial charge in [0.05, 0.1) is 5.56 Å². The van der Waals surface area contributed by atoms with Crippen LogP contribution >= 0.6 is 0 Å². The van der Waals surface area contributed by atoms with Gasteiger partial charge in [-0.2, -0.15) is 0 Å². The first-order valence-corrected chi connectivity index (χ1v) is 7.81. The SMILES string of the molecule is O=C(Nc1ccc(C(=O)NCC2CC2)c(O)c1)c1cc(F)cc(F)c1. The molecule has 0 saturated heterocycles. The molecule has 0 bridgehead atoms. The summed E-state index contributed by atoms with van der Waals surface area (Å²) in [5.74, 6) is -2.64. The van der Waals surface area contributed by atoms with Gasteiger partial charge in [0.1, 0.15) is 17.4 Å². The Bertz CT molecular complexity index is 815. The lowest BCUT2D eigenvalue weighted by Gasteiger charge is -2.09. The first-order chi connectivity index (χ1) is 11.9. The second-order valence-electron chi connectivity index (χ2n) is 6.00. The Balaban J connectivity index is 1.69.